The molecule has 1 aromatic rings. The minimum Gasteiger partial charge on any atom is -0.396 e. The zero-order valence-corrected chi connectivity index (χ0v) is 15.8. The van der Waals surface area contributed by atoms with E-state index in [1.54, 1.807) is 12.1 Å². The Labute approximate surface area is 157 Å². The van der Waals surface area contributed by atoms with E-state index < -0.39 is 0 Å². The van der Waals surface area contributed by atoms with Crippen LogP contribution in [0.25, 0.3) is 0 Å². The van der Waals surface area contributed by atoms with E-state index in [9.17, 15) is 9.50 Å². The molecule has 4 atom stereocenters. The van der Waals surface area contributed by atoms with Gasteiger partial charge in [0.1, 0.15) is 5.82 Å². The molecule has 0 unspecified atom stereocenters. The highest BCUT2D eigenvalue weighted by Gasteiger charge is 2.48. The summed E-state index contributed by atoms with van der Waals surface area (Å²) in [6, 6.07) is 8.45. The van der Waals surface area contributed by atoms with Crippen LogP contribution in [0.3, 0.4) is 0 Å². The fourth-order valence-corrected chi connectivity index (χ4v) is 5.95. The molecule has 3 heterocycles. The summed E-state index contributed by atoms with van der Waals surface area (Å²) in [7, 11) is 0. The van der Waals surface area contributed by atoms with Crippen molar-refractivity contribution in [3.8, 4) is 0 Å². The highest BCUT2D eigenvalue weighted by Crippen LogP contribution is 2.43. The van der Waals surface area contributed by atoms with Gasteiger partial charge in [-0.1, -0.05) is 12.1 Å². The molecule has 26 heavy (non-hydrogen) atoms. The van der Waals surface area contributed by atoms with Crippen LogP contribution in [-0.2, 0) is 6.54 Å². The quantitative estimate of drug-likeness (QED) is 0.784. The van der Waals surface area contributed by atoms with E-state index >= 15 is 0 Å². The van der Waals surface area contributed by atoms with E-state index in [0.717, 1.165) is 37.3 Å². The number of piperidine rings is 3. The zero-order chi connectivity index (χ0) is 17.9. The number of halogens is 1. The lowest BCUT2D eigenvalue weighted by atomic mass is 9.69. The van der Waals surface area contributed by atoms with Crippen LogP contribution >= 0.6 is 0 Å². The van der Waals surface area contributed by atoms with Crippen molar-refractivity contribution in [2.24, 2.45) is 11.8 Å². The maximum Gasteiger partial charge on any atom is 0.123 e. The number of hydrogen-bond donors (Lipinski definition) is 1. The van der Waals surface area contributed by atoms with Gasteiger partial charge in [0, 0.05) is 31.8 Å². The molecule has 3 saturated heterocycles. The number of aliphatic hydroxyl groups is 1. The zero-order valence-electron chi connectivity index (χ0n) is 15.8. The Balaban J connectivity index is 1.54. The summed E-state index contributed by atoms with van der Waals surface area (Å²) in [4.78, 5) is 5.49. The van der Waals surface area contributed by atoms with Gasteiger partial charge in [-0.05, 0) is 87.6 Å². The van der Waals surface area contributed by atoms with Crippen molar-refractivity contribution in [3.05, 3.63) is 35.6 Å². The minimum atomic E-state index is -0.151. The van der Waals surface area contributed by atoms with Crippen LogP contribution in [-0.4, -0.2) is 53.2 Å². The normalized spacial score (nSPS) is 32.4. The minimum absolute atomic E-state index is 0.151. The molecule has 1 aromatic carbocycles. The molecule has 3 aliphatic rings. The van der Waals surface area contributed by atoms with Gasteiger partial charge in [0.05, 0.1) is 0 Å². The van der Waals surface area contributed by atoms with Gasteiger partial charge >= 0.3 is 0 Å². The van der Waals surface area contributed by atoms with Crippen LogP contribution in [0.1, 0.15) is 50.5 Å². The van der Waals surface area contributed by atoms with Crippen LogP contribution in [0.2, 0.25) is 0 Å². The van der Waals surface area contributed by atoms with Crippen molar-refractivity contribution in [1.82, 2.24) is 9.80 Å². The standard InChI is InChI=1S/C22H33FN2O/c23-19-10-8-17(9-11-19)15-25-16-18-5-3-12-24-13-4-6-20(22(18)24)21(25)7-1-2-14-26/h8-11,18,20-22,26H,1-7,12-16H2/t18-,20+,21+,22-/m0/s1. The maximum absolute atomic E-state index is 13.3. The van der Waals surface area contributed by atoms with Gasteiger partial charge in [-0.2, -0.15) is 0 Å². The second-order valence-electron chi connectivity index (χ2n) is 8.58. The molecule has 4 rings (SSSR count). The van der Waals surface area contributed by atoms with Gasteiger partial charge in [0.25, 0.3) is 0 Å². The number of likely N-dealkylation sites (tertiary alicyclic amines) is 1. The van der Waals surface area contributed by atoms with Crippen LogP contribution in [0.4, 0.5) is 4.39 Å². The predicted octanol–water partition coefficient (Wildman–Crippen LogP) is 3.66. The highest BCUT2D eigenvalue weighted by atomic mass is 19.1. The summed E-state index contributed by atoms with van der Waals surface area (Å²) in [5, 5.41) is 9.23. The Morgan fingerprint density at radius 1 is 1.04 bits per heavy atom. The Kier molecular flexibility index (Phi) is 5.92. The Morgan fingerprint density at radius 3 is 2.58 bits per heavy atom. The molecular formula is C22H33FN2O. The smallest absolute Gasteiger partial charge is 0.123 e. The van der Waals surface area contributed by atoms with E-state index in [1.165, 1.54) is 57.3 Å². The molecule has 144 valence electrons. The molecule has 0 radical (unpaired) electrons. The largest absolute Gasteiger partial charge is 0.396 e. The monoisotopic (exact) mass is 360 g/mol. The van der Waals surface area contributed by atoms with Crippen LogP contribution < -0.4 is 0 Å². The molecule has 3 aliphatic heterocycles. The molecule has 0 aromatic heterocycles. The van der Waals surface area contributed by atoms with Gasteiger partial charge in [-0.3, -0.25) is 9.80 Å². The molecule has 4 heteroatoms. The average molecular weight is 361 g/mol. The number of nitrogens with zero attached hydrogens (tertiary/aromatic N) is 2. The molecule has 0 amide bonds. The Hall–Kier alpha value is -0.970. The van der Waals surface area contributed by atoms with E-state index in [4.69, 9.17) is 0 Å². The second kappa shape index (κ2) is 8.37. The summed E-state index contributed by atoms with van der Waals surface area (Å²) >= 11 is 0. The second-order valence-corrected chi connectivity index (χ2v) is 8.58. The Morgan fingerprint density at radius 2 is 1.81 bits per heavy atom. The first kappa shape index (κ1) is 18.4. The summed E-state index contributed by atoms with van der Waals surface area (Å²) in [5.41, 5.74) is 1.22. The molecule has 3 nitrogen and oxygen atoms in total. The number of hydrogen-bond acceptors (Lipinski definition) is 3. The van der Waals surface area contributed by atoms with Crippen molar-refractivity contribution in [3.63, 3.8) is 0 Å². The lowest BCUT2D eigenvalue weighted by molar-refractivity contribution is -0.0812. The van der Waals surface area contributed by atoms with E-state index in [2.05, 4.69) is 9.80 Å². The SMILES string of the molecule is OCCCC[C@@H]1[C@H]2CCCN3CCC[C@@H](CN1Cc1ccc(F)cc1)[C@@H]23. The van der Waals surface area contributed by atoms with Gasteiger partial charge < -0.3 is 5.11 Å². The van der Waals surface area contributed by atoms with E-state index in [1.807, 2.05) is 12.1 Å². The highest BCUT2D eigenvalue weighted by molar-refractivity contribution is 5.17. The molecule has 3 fully saturated rings. The van der Waals surface area contributed by atoms with Crippen LogP contribution in [0.15, 0.2) is 24.3 Å². The fraction of sp³-hybridized carbons (Fsp3) is 0.727. The van der Waals surface area contributed by atoms with Gasteiger partial charge in [-0.15, -0.1) is 0 Å². The van der Waals surface area contributed by atoms with Crippen molar-refractivity contribution < 1.29 is 9.50 Å². The average Bonchev–Trinajstić information content (AvgIpc) is 2.66. The van der Waals surface area contributed by atoms with Crippen LogP contribution in [0, 0.1) is 17.7 Å². The number of aliphatic hydroxyl groups excluding tert-OH is 1. The molecular weight excluding hydrogens is 327 g/mol. The summed E-state index contributed by atoms with van der Waals surface area (Å²) < 4.78 is 13.3. The summed E-state index contributed by atoms with van der Waals surface area (Å²) in [6.07, 6.45) is 8.58. The first-order chi connectivity index (χ1) is 12.8. The first-order valence-corrected chi connectivity index (χ1v) is 10.6. The van der Waals surface area contributed by atoms with Crippen molar-refractivity contribution in [2.75, 3.05) is 26.2 Å². The third-order valence-electron chi connectivity index (χ3n) is 6.99. The van der Waals surface area contributed by atoms with Gasteiger partial charge in [0.15, 0.2) is 0 Å². The summed E-state index contributed by atoms with van der Waals surface area (Å²) in [6.45, 7) is 4.99. The topological polar surface area (TPSA) is 26.7 Å². The molecule has 0 aliphatic carbocycles. The van der Waals surface area contributed by atoms with Crippen LogP contribution in [0.5, 0.6) is 0 Å². The number of unbranched alkanes of at least 4 members (excludes halogenated alkanes) is 1. The maximum atomic E-state index is 13.3. The fourth-order valence-electron chi connectivity index (χ4n) is 5.95. The molecule has 0 spiro atoms. The molecule has 0 bridgehead atoms. The predicted molar refractivity (Wildman–Crippen MR) is 102 cm³/mol. The van der Waals surface area contributed by atoms with Gasteiger partial charge in [-0.25, -0.2) is 4.39 Å². The number of rotatable bonds is 6. The van der Waals surface area contributed by atoms with Crippen molar-refractivity contribution in [1.29, 1.82) is 0 Å². The van der Waals surface area contributed by atoms with Crippen molar-refractivity contribution >= 4 is 0 Å². The lowest BCUT2D eigenvalue weighted by Crippen LogP contribution is -2.64. The number of benzene rings is 1. The van der Waals surface area contributed by atoms with E-state index in [-0.39, 0.29) is 5.82 Å². The third kappa shape index (κ3) is 3.83. The molecule has 0 saturated carbocycles. The van der Waals surface area contributed by atoms with Crippen molar-refractivity contribution in [2.45, 2.75) is 63.6 Å². The first-order valence-electron chi connectivity index (χ1n) is 10.6. The molecule has 1 N–H and O–H groups in total. The summed E-state index contributed by atoms with van der Waals surface area (Å²) in [5.74, 6) is 1.41. The third-order valence-corrected chi connectivity index (χ3v) is 6.99. The Bertz CT molecular complexity index is 576. The van der Waals surface area contributed by atoms with E-state index in [0.29, 0.717) is 12.6 Å². The lowest BCUT2D eigenvalue weighted by Gasteiger charge is -2.57. The van der Waals surface area contributed by atoms with Gasteiger partial charge in [0.2, 0.25) is 0 Å².